The van der Waals surface area contributed by atoms with Crippen LogP contribution in [0, 0.1) is 9.39 Å². The van der Waals surface area contributed by atoms with E-state index >= 15 is 0 Å². The highest BCUT2D eigenvalue weighted by atomic mass is 127. The van der Waals surface area contributed by atoms with Crippen molar-refractivity contribution in [2.24, 2.45) is 4.99 Å². The van der Waals surface area contributed by atoms with Crippen molar-refractivity contribution in [3.8, 4) is 11.5 Å². The minimum absolute atomic E-state index is 0.121. The number of hydrogen-bond donors (Lipinski definition) is 0. The molecule has 0 bridgehead atoms. The summed E-state index contributed by atoms with van der Waals surface area (Å²) < 4.78 is 26.0. The molecule has 0 aliphatic carbocycles. The second-order valence-corrected chi connectivity index (χ2v) is 10.7. The summed E-state index contributed by atoms with van der Waals surface area (Å²) in [6.07, 6.45) is 1.83. The number of ether oxygens (including phenoxy) is 2. The van der Waals surface area contributed by atoms with Gasteiger partial charge in [-0.1, -0.05) is 36.4 Å². The molecule has 5 rings (SSSR count). The zero-order valence-electron chi connectivity index (χ0n) is 20.8. The van der Waals surface area contributed by atoms with Crippen LogP contribution < -0.4 is 9.47 Å². The predicted molar refractivity (Wildman–Crippen MR) is 160 cm³/mol. The van der Waals surface area contributed by atoms with Crippen LogP contribution in [0.15, 0.2) is 88.8 Å². The van der Waals surface area contributed by atoms with Gasteiger partial charge < -0.3 is 9.47 Å². The summed E-state index contributed by atoms with van der Waals surface area (Å²) in [5.74, 6) is 0.796. The number of benzene rings is 4. The van der Waals surface area contributed by atoms with Crippen LogP contribution in [-0.2, 0) is 11.4 Å². The number of carbonyl (C=O) groups is 1. The maximum Gasteiger partial charge on any atom is 0.266 e. The molecule has 5 nitrogen and oxygen atoms in total. The monoisotopic (exact) mass is 638 g/mol. The molecular weight excluding hydrogens is 614 g/mol. The maximum atomic E-state index is 13.3. The number of rotatable bonds is 7. The molecule has 0 saturated carbocycles. The van der Waals surface area contributed by atoms with Crippen LogP contribution >= 0.6 is 34.4 Å². The number of carbonyl (C=O) groups excluding carboxylic acids is 1. The van der Waals surface area contributed by atoms with Crippen LogP contribution in [0.1, 0.15) is 18.1 Å². The molecule has 1 aliphatic heterocycles. The molecule has 0 unspecified atom stereocenters. The number of methoxy groups -OCH3 is 1. The molecule has 0 atom stereocenters. The van der Waals surface area contributed by atoms with E-state index in [-0.39, 0.29) is 11.7 Å². The molecule has 4 aromatic rings. The number of likely N-dealkylation sites (N-methyl/N-ethyl adjacent to an activating group) is 1. The molecule has 4 aromatic carbocycles. The van der Waals surface area contributed by atoms with Crippen molar-refractivity contribution >= 4 is 68.0 Å². The predicted octanol–water partition coefficient (Wildman–Crippen LogP) is 7.80. The van der Waals surface area contributed by atoms with Gasteiger partial charge >= 0.3 is 0 Å². The zero-order valence-corrected chi connectivity index (χ0v) is 23.8. The number of nitrogens with zero attached hydrogens (tertiary/aromatic N) is 2. The molecule has 1 saturated heterocycles. The van der Waals surface area contributed by atoms with E-state index in [1.165, 1.54) is 34.7 Å². The number of aliphatic imine (C=N–C) groups is 1. The van der Waals surface area contributed by atoms with Crippen molar-refractivity contribution in [2.45, 2.75) is 13.5 Å². The Balaban J connectivity index is 1.38. The van der Waals surface area contributed by atoms with Gasteiger partial charge in [-0.25, -0.2) is 9.38 Å². The fourth-order valence-corrected chi connectivity index (χ4v) is 5.94. The fraction of sp³-hybridized carbons (Fsp3) is 0.133. The number of fused-ring (bicyclic) bond motifs is 1. The summed E-state index contributed by atoms with van der Waals surface area (Å²) in [4.78, 5) is 19.8. The lowest BCUT2D eigenvalue weighted by atomic mass is 10.1. The molecule has 0 spiro atoms. The quantitative estimate of drug-likeness (QED) is 0.153. The molecule has 1 fully saturated rings. The van der Waals surface area contributed by atoms with Gasteiger partial charge in [0.2, 0.25) is 0 Å². The van der Waals surface area contributed by atoms with E-state index in [1.807, 2.05) is 37.3 Å². The van der Waals surface area contributed by atoms with Gasteiger partial charge in [-0.3, -0.25) is 9.69 Å². The van der Waals surface area contributed by atoms with E-state index in [4.69, 9.17) is 9.47 Å². The van der Waals surface area contributed by atoms with Gasteiger partial charge in [0.05, 0.1) is 21.3 Å². The van der Waals surface area contributed by atoms with E-state index in [0.717, 1.165) is 14.7 Å². The minimum Gasteiger partial charge on any atom is -0.493 e. The molecule has 1 amide bonds. The van der Waals surface area contributed by atoms with Crippen LogP contribution in [0.5, 0.6) is 11.5 Å². The highest BCUT2D eigenvalue weighted by molar-refractivity contribution is 14.1. The van der Waals surface area contributed by atoms with Crippen LogP contribution in [-0.4, -0.2) is 29.6 Å². The number of amides is 1. The van der Waals surface area contributed by atoms with E-state index in [9.17, 15) is 9.18 Å². The third-order valence-electron chi connectivity index (χ3n) is 6.00. The minimum atomic E-state index is -0.328. The Hall–Kier alpha value is -3.37. The maximum absolute atomic E-state index is 13.3. The van der Waals surface area contributed by atoms with Crippen molar-refractivity contribution in [1.29, 1.82) is 0 Å². The van der Waals surface area contributed by atoms with E-state index in [0.29, 0.717) is 40.4 Å². The summed E-state index contributed by atoms with van der Waals surface area (Å²) in [6, 6.07) is 24.2. The lowest BCUT2D eigenvalue weighted by Crippen LogP contribution is -2.28. The third-order valence-corrected chi connectivity index (χ3v) is 7.81. The molecule has 192 valence electrons. The Morgan fingerprint density at radius 3 is 2.53 bits per heavy atom. The van der Waals surface area contributed by atoms with E-state index in [2.05, 4.69) is 57.9 Å². The van der Waals surface area contributed by atoms with Crippen LogP contribution in [0.3, 0.4) is 0 Å². The second kappa shape index (κ2) is 11.6. The number of amidine groups is 1. The summed E-state index contributed by atoms with van der Waals surface area (Å²) in [7, 11) is 1.60. The van der Waals surface area contributed by atoms with Crippen molar-refractivity contribution in [1.82, 2.24) is 4.90 Å². The first-order valence-electron chi connectivity index (χ1n) is 12.0. The van der Waals surface area contributed by atoms with Crippen LogP contribution in [0.4, 0.5) is 10.1 Å². The standard InChI is InChI=1S/C30H24FIN2O3S/c1-3-34-29(35)27(38-30(34)33-24-12-10-23(31)11-13-24)17-20-15-25(32)28(26(16-20)36-2)37-18-19-8-9-21-6-4-5-7-22(21)14-19/h4-17H,3,18H2,1-2H3/b27-17+,33-30?. The number of halogens is 2. The van der Waals surface area contributed by atoms with Crippen molar-refractivity contribution in [3.05, 3.63) is 104 Å². The lowest BCUT2D eigenvalue weighted by molar-refractivity contribution is -0.122. The first-order chi connectivity index (χ1) is 18.4. The Kier molecular flexibility index (Phi) is 7.99. The molecule has 0 aromatic heterocycles. The largest absolute Gasteiger partial charge is 0.493 e. The van der Waals surface area contributed by atoms with Gasteiger partial charge in [0.1, 0.15) is 12.4 Å². The normalized spacial score (nSPS) is 15.6. The average molecular weight is 639 g/mol. The van der Waals surface area contributed by atoms with Gasteiger partial charge in [-0.15, -0.1) is 0 Å². The zero-order chi connectivity index (χ0) is 26.6. The van der Waals surface area contributed by atoms with Gasteiger partial charge in [0.15, 0.2) is 16.7 Å². The Bertz CT molecular complexity index is 1570. The Morgan fingerprint density at radius 2 is 1.79 bits per heavy atom. The summed E-state index contributed by atoms with van der Waals surface area (Å²) in [5.41, 5.74) is 2.47. The van der Waals surface area contributed by atoms with Crippen LogP contribution in [0.2, 0.25) is 0 Å². The van der Waals surface area contributed by atoms with Gasteiger partial charge in [0, 0.05) is 6.54 Å². The fourth-order valence-electron chi connectivity index (χ4n) is 4.09. The SMILES string of the molecule is CCN1C(=O)/C(=C\c2cc(I)c(OCc3ccc4ccccc4c3)c(OC)c2)SC1=Nc1ccc(F)cc1. The van der Waals surface area contributed by atoms with Crippen molar-refractivity contribution < 1.29 is 18.7 Å². The van der Waals surface area contributed by atoms with E-state index < -0.39 is 0 Å². The molecule has 0 radical (unpaired) electrons. The molecule has 1 heterocycles. The molecule has 1 aliphatic rings. The van der Waals surface area contributed by atoms with Crippen molar-refractivity contribution in [3.63, 3.8) is 0 Å². The summed E-state index contributed by atoms with van der Waals surface area (Å²) in [5, 5.41) is 2.92. The van der Waals surface area contributed by atoms with Crippen LogP contribution in [0.25, 0.3) is 16.8 Å². The lowest BCUT2D eigenvalue weighted by Gasteiger charge is -2.14. The topological polar surface area (TPSA) is 51.1 Å². The van der Waals surface area contributed by atoms with Crippen molar-refractivity contribution in [2.75, 3.05) is 13.7 Å². The van der Waals surface area contributed by atoms with Gasteiger partial charge in [-0.05, 0) is 112 Å². The first kappa shape index (κ1) is 26.2. The van der Waals surface area contributed by atoms with Gasteiger partial charge in [-0.2, -0.15) is 0 Å². The number of thioether (sulfide) groups is 1. The third kappa shape index (κ3) is 5.71. The summed E-state index contributed by atoms with van der Waals surface area (Å²) in [6.45, 7) is 2.78. The molecular formula is C30H24FIN2O3S. The molecule has 0 N–H and O–H groups in total. The van der Waals surface area contributed by atoms with E-state index in [1.54, 1.807) is 24.1 Å². The average Bonchev–Trinajstić information content (AvgIpc) is 3.22. The Morgan fingerprint density at radius 1 is 1.03 bits per heavy atom. The smallest absolute Gasteiger partial charge is 0.266 e. The summed E-state index contributed by atoms with van der Waals surface area (Å²) >= 11 is 3.52. The molecule has 38 heavy (non-hydrogen) atoms. The highest BCUT2D eigenvalue weighted by Gasteiger charge is 2.32. The van der Waals surface area contributed by atoms with Gasteiger partial charge in [0.25, 0.3) is 5.91 Å². The molecule has 8 heteroatoms. The second-order valence-electron chi connectivity index (χ2n) is 8.54. The first-order valence-corrected chi connectivity index (χ1v) is 13.9. The Labute approximate surface area is 238 Å². The highest BCUT2D eigenvalue weighted by Crippen LogP contribution is 2.38. The number of hydrogen-bond acceptors (Lipinski definition) is 5.